The lowest BCUT2D eigenvalue weighted by Crippen LogP contribution is -2.45. The minimum absolute atomic E-state index is 0.00563. The maximum atomic E-state index is 13.2. The molecule has 0 aliphatic rings. The first-order chi connectivity index (χ1) is 19.6. The molecule has 0 saturated carbocycles. The highest BCUT2D eigenvalue weighted by Crippen LogP contribution is 2.08. The third-order valence-corrected chi connectivity index (χ3v) is 5.98. The van der Waals surface area contributed by atoms with Gasteiger partial charge in [0, 0.05) is 18.3 Å². The molecule has 3 amide bonds. The summed E-state index contributed by atoms with van der Waals surface area (Å²) in [6.07, 6.45) is 3.14. The van der Waals surface area contributed by atoms with Gasteiger partial charge in [-0.25, -0.2) is 9.59 Å². The van der Waals surface area contributed by atoms with Crippen molar-refractivity contribution in [1.29, 1.82) is 0 Å². The zero-order valence-electron chi connectivity index (χ0n) is 24.1. The van der Waals surface area contributed by atoms with Crippen molar-refractivity contribution in [3.63, 3.8) is 0 Å². The summed E-state index contributed by atoms with van der Waals surface area (Å²) in [7, 11) is 0. The first kappa shape index (κ1) is 32.8. The molecule has 222 valence electrons. The van der Waals surface area contributed by atoms with Gasteiger partial charge >= 0.3 is 12.1 Å². The lowest BCUT2D eigenvalue weighted by Gasteiger charge is -2.18. The summed E-state index contributed by atoms with van der Waals surface area (Å²) in [5.74, 6) is -1.05. The van der Waals surface area contributed by atoms with Gasteiger partial charge in [0.1, 0.15) is 24.9 Å². The molecule has 1 aromatic carbocycles. The van der Waals surface area contributed by atoms with Crippen LogP contribution in [0.5, 0.6) is 0 Å². The molecule has 1 atom stereocenters. The zero-order valence-corrected chi connectivity index (χ0v) is 24.1. The molecule has 0 spiro atoms. The summed E-state index contributed by atoms with van der Waals surface area (Å²) in [5, 5.41) is 7.90. The Kier molecular flexibility index (Phi) is 13.9. The van der Waals surface area contributed by atoms with Crippen LogP contribution in [0.15, 0.2) is 59.4 Å². The number of benzene rings is 1. The van der Waals surface area contributed by atoms with E-state index in [2.05, 4.69) is 29.8 Å². The van der Waals surface area contributed by atoms with E-state index in [4.69, 9.17) is 9.47 Å². The van der Waals surface area contributed by atoms with Gasteiger partial charge in [0.25, 0.3) is 5.56 Å². The number of carbonyl (C=O) groups excluding carboxylic acids is 4. The number of hydrogen-bond acceptors (Lipinski definition) is 7. The SMILES string of the molecule is CCOC(=O)C=CCCC(NC(=O)OCc1ccccc1)C(=O)Nc1ccc(C)n(CC(=O)NCCC(C)C)c1=O. The number of alkyl carbamates (subject to hydrolysis) is 1. The lowest BCUT2D eigenvalue weighted by molar-refractivity contribution is -0.137. The van der Waals surface area contributed by atoms with Crippen molar-refractivity contribution in [2.24, 2.45) is 5.92 Å². The monoisotopic (exact) mass is 568 g/mol. The fourth-order valence-corrected chi connectivity index (χ4v) is 3.69. The average molecular weight is 569 g/mol. The van der Waals surface area contributed by atoms with Crippen LogP contribution in [0.1, 0.15) is 51.3 Å². The maximum Gasteiger partial charge on any atom is 0.408 e. The zero-order chi connectivity index (χ0) is 30.2. The van der Waals surface area contributed by atoms with Gasteiger partial charge < -0.3 is 30.0 Å². The number of aromatic nitrogens is 1. The van der Waals surface area contributed by atoms with Crippen LogP contribution in [0.4, 0.5) is 10.5 Å². The molecule has 1 unspecified atom stereocenters. The van der Waals surface area contributed by atoms with Crippen molar-refractivity contribution in [3.8, 4) is 0 Å². The second-order valence-electron chi connectivity index (χ2n) is 9.79. The Balaban J connectivity index is 2.12. The minimum Gasteiger partial charge on any atom is -0.463 e. The lowest BCUT2D eigenvalue weighted by atomic mass is 10.1. The highest BCUT2D eigenvalue weighted by Gasteiger charge is 2.23. The van der Waals surface area contributed by atoms with E-state index in [-0.39, 0.29) is 44.2 Å². The van der Waals surface area contributed by atoms with Gasteiger partial charge in [-0.1, -0.05) is 50.3 Å². The number of carbonyl (C=O) groups is 4. The van der Waals surface area contributed by atoms with E-state index in [1.807, 2.05) is 18.2 Å². The standard InChI is InChI=1S/C30H40N4O7/c1-5-40-27(36)14-10-9-13-24(33-30(39)41-20-23-11-7-6-8-12-23)28(37)32-25-16-15-22(4)34(29(25)38)19-26(35)31-18-17-21(2)3/h6-8,10-12,14-16,21,24H,5,9,13,17-20H2,1-4H3,(H,31,35)(H,32,37)(H,33,39). The van der Waals surface area contributed by atoms with Gasteiger partial charge in [-0.15, -0.1) is 0 Å². The Hall–Kier alpha value is -4.41. The Morgan fingerprint density at radius 2 is 1.73 bits per heavy atom. The number of allylic oxidation sites excluding steroid dienone is 1. The Morgan fingerprint density at radius 1 is 1.00 bits per heavy atom. The molecule has 1 heterocycles. The smallest absolute Gasteiger partial charge is 0.408 e. The Morgan fingerprint density at radius 3 is 2.41 bits per heavy atom. The number of amides is 3. The van der Waals surface area contributed by atoms with Gasteiger partial charge in [0.15, 0.2) is 0 Å². The molecular formula is C30H40N4O7. The molecule has 0 aliphatic heterocycles. The second-order valence-corrected chi connectivity index (χ2v) is 9.79. The van der Waals surface area contributed by atoms with Crippen molar-refractivity contribution < 1.29 is 28.7 Å². The van der Waals surface area contributed by atoms with Crippen LogP contribution in [0.25, 0.3) is 0 Å². The van der Waals surface area contributed by atoms with Crippen molar-refractivity contribution in [1.82, 2.24) is 15.2 Å². The summed E-state index contributed by atoms with van der Waals surface area (Å²) in [5.41, 5.74) is 0.733. The molecule has 41 heavy (non-hydrogen) atoms. The van der Waals surface area contributed by atoms with E-state index >= 15 is 0 Å². The number of nitrogens with zero attached hydrogens (tertiary/aromatic N) is 1. The number of hydrogen-bond donors (Lipinski definition) is 3. The Bertz CT molecular complexity index is 1260. The van der Waals surface area contributed by atoms with Crippen LogP contribution in [0, 0.1) is 12.8 Å². The molecule has 0 bridgehead atoms. The molecule has 11 heteroatoms. The van der Waals surface area contributed by atoms with Crippen LogP contribution in [0.2, 0.25) is 0 Å². The van der Waals surface area contributed by atoms with E-state index < -0.39 is 29.6 Å². The van der Waals surface area contributed by atoms with Gasteiger partial charge in [0.2, 0.25) is 11.8 Å². The number of rotatable bonds is 15. The number of ether oxygens (including phenoxy) is 2. The highest BCUT2D eigenvalue weighted by molar-refractivity contribution is 5.96. The van der Waals surface area contributed by atoms with Gasteiger partial charge in [-0.05, 0) is 56.7 Å². The van der Waals surface area contributed by atoms with E-state index in [9.17, 15) is 24.0 Å². The molecule has 11 nitrogen and oxygen atoms in total. The second kappa shape index (κ2) is 17.3. The number of aryl methyl sites for hydroxylation is 1. The predicted octanol–water partition coefficient (Wildman–Crippen LogP) is 3.45. The fourth-order valence-electron chi connectivity index (χ4n) is 3.69. The molecule has 0 radical (unpaired) electrons. The number of pyridine rings is 1. The molecule has 0 fully saturated rings. The number of anilines is 1. The molecule has 0 saturated heterocycles. The maximum absolute atomic E-state index is 13.2. The van der Waals surface area contributed by atoms with Gasteiger partial charge in [-0.2, -0.15) is 0 Å². The predicted molar refractivity (Wildman–Crippen MR) is 155 cm³/mol. The van der Waals surface area contributed by atoms with Crippen molar-refractivity contribution in [2.45, 2.75) is 66.2 Å². The molecule has 1 aromatic heterocycles. The topological polar surface area (TPSA) is 145 Å². The quantitative estimate of drug-likeness (QED) is 0.220. The van der Waals surface area contributed by atoms with Crippen LogP contribution in [-0.4, -0.2) is 47.6 Å². The van der Waals surface area contributed by atoms with Gasteiger partial charge in [0.05, 0.1) is 6.61 Å². The van der Waals surface area contributed by atoms with Crippen LogP contribution in [-0.2, 0) is 37.0 Å². The van der Waals surface area contributed by atoms with E-state index in [1.54, 1.807) is 32.0 Å². The van der Waals surface area contributed by atoms with Crippen molar-refractivity contribution in [2.75, 3.05) is 18.5 Å². The van der Waals surface area contributed by atoms with Crippen molar-refractivity contribution >= 4 is 29.6 Å². The summed E-state index contributed by atoms with van der Waals surface area (Å²) in [4.78, 5) is 62.8. The third kappa shape index (κ3) is 12.1. The van der Waals surface area contributed by atoms with Crippen LogP contribution in [0.3, 0.4) is 0 Å². The first-order valence-corrected chi connectivity index (χ1v) is 13.7. The fraction of sp³-hybridized carbons (Fsp3) is 0.433. The average Bonchev–Trinajstić information content (AvgIpc) is 2.93. The van der Waals surface area contributed by atoms with Gasteiger partial charge in [-0.3, -0.25) is 14.4 Å². The molecule has 0 aliphatic carbocycles. The van der Waals surface area contributed by atoms with E-state index in [0.717, 1.165) is 12.0 Å². The Labute approximate surface area is 240 Å². The molecule has 2 rings (SSSR count). The number of nitrogens with one attached hydrogen (secondary N) is 3. The summed E-state index contributed by atoms with van der Waals surface area (Å²) >= 11 is 0. The van der Waals surface area contributed by atoms with Crippen molar-refractivity contribution in [3.05, 3.63) is 76.2 Å². The highest BCUT2D eigenvalue weighted by atomic mass is 16.5. The van der Waals surface area contributed by atoms with E-state index in [0.29, 0.717) is 18.2 Å². The largest absolute Gasteiger partial charge is 0.463 e. The number of esters is 1. The third-order valence-electron chi connectivity index (χ3n) is 5.98. The van der Waals surface area contributed by atoms with Crippen LogP contribution >= 0.6 is 0 Å². The molecule has 2 aromatic rings. The molecule has 3 N–H and O–H groups in total. The van der Waals surface area contributed by atoms with E-state index in [1.165, 1.54) is 22.8 Å². The summed E-state index contributed by atoms with van der Waals surface area (Å²) in [6, 6.07) is 11.0. The summed E-state index contributed by atoms with van der Waals surface area (Å²) < 4.78 is 11.4. The first-order valence-electron chi connectivity index (χ1n) is 13.7. The molecular weight excluding hydrogens is 528 g/mol. The van der Waals surface area contributed by atoms with Crippen LogP contribution < -0.4 is 21.5 Å². The summed E-state index contributed by atoms with van der Waals surface area (Å²) in [6.45, 7) is 8.02. The minimum atomic E-state index is -1.08. The normalized spacial score (nSPS) is 11.6.